The maximum absolute atomic E-state index is 13.5. The molecule has 0 radical (unpaired) electrons. The molecular formula is C20H30N4O2S2. The molecular weight excluding hydrogens is 392 g/mol. The predicted molar refractivity (Wildman–Crippen MR) is 115 cm³/mol. The standard InChI is InChI=1S/C20H30N4O2S2/c1-14(2)15(3)16-10-18(13-22-12-16)28(7,26)24-20(4,5)17-8-9-23-19(11-17)27(6,21)25/h8-15,21H,1-7H3/t15-,27?,28?/m1/s1. The molecule has 2 aromatic heterocycles. The maximum Gasteiger partial charge on any atom is 0.135 e. The van der Waals surface area contributed by atoms with Crippen molar-refractivity contribution in [3.63, 3.8) is 0 Å². The zero-order valence-corrected chi connectivity index (χ0v) is 19.2. The zero-order chi connectivity index (χ0) is 21.3. The largest absolute Gasteiger partial charge is 0.263 e. The molecule has 0 spiro atoms. The van der Waals surface area contributed by atoms with Crippen molar-refractivity contribution in [1.82, 2.24) is 9.97 Å². The van der Waals surface area contributed by atoms with Crippen molar-refractivity contribution in [3.05, 3.63) is 47.9 Å². The smallest absolute Gasteiger partial charge is 0.135 e. The van der Waals surface area contributed by atoms with Gasteiger partial charge in [0.25, 0.3) is 0 Å². The van der Waals surface area contributed by atoms with Gasteiger partial charge in [0.15, 0.2) is 0 Å². The van der Waals surface area contributed by atoms with Gasteiger partial charge in [0, 0.05) is 31.1 Å². The van der Waals surface area contributed by atoms with Crippen molar-refractivity contribution < 1.29 is 8.42 Å². The first-order valence-corrected chi connectivity index (χ1v) is 13.0. The van der Waals surface area contributed by atoms with Crippen LogP contribution >= 0.6 is 0 Å². The first kappa shape index (κ1) is 22.5. The van der Waals surface area contributed by atoms with Crippen LogP contribution in [0.3, 0.4) is 0 Å². The highest BCUT2D eigenvalue weighted by Crippen LogP contribution is 2.30. The molecule has 8 heteroatoms. The third-order valence-corrected chi connectivity index (χ3v) is 7.86. The Morgan fingerprint density at radius 1 is 1.11 bits per heavy atom. The second kappa shape index (κ2) is 7.91. The molecule has 0 aliphatic carbocycles. The van der Waals surface area contributed by atoms with Crippen LogP contribution in [0.25, 0.3) is 0 Å². The number of hydrogen-bond acceptors (Lipinski definition) is 6. The molecule has 0 aromatic carbocycles. The van der Waals surface area contributed by atoms with E-state index in [2.05, 4.69) is 35.1 Å². The van der Waals surface area contributed by atoms with E-state index in [0.717, 1.165) is 5.56 Å². The quantitative estimate of drug-likeness (QED) is 0.732. The van der Waals surface area contributed by atoms with Crippen LogP contribution < -0.4 is 0 Å². The Balaban J connectivity index is 2.53. The molecule has 2 heterocycles. The average Bonchev–Trinajstić information content (AvgIpc) is 2.59. The number of hydrogen-bond donors (Lipinski definition) is 1. The van der Waals surface area contributed by atoms with E-state index in [9.17, 15) is 8.42 Å². The normalized spacial score (nSPS) is 17.6. The fraction of sp³-hybridized carbons (Fsp3) is 0.500. The lowest BCUT2D eigenvalue weighted by molar-refractivity contribution is 0.532. The van der Waals surface area contributed by atoms with Gasteiger partial charge in [0.2, 0.25) is 0 Å². The van der Waals surface area contributed by atoms with Gasteiger partial charge in [-0.15, -0.1) is 0 Å². The second-order valence-electron chi connectivity index (χ2n) is 8.17. The lowest BCUT2D eigenvalue weighted by atomic mass is 9.92. The van der Waals surface area contributed by atoms with Gasteiger partial charge in [-0.2, -0.15) is 0 Å². The van der Waals surface area contributed by atoms with Crippen molar-refractivity contribution >= 4 is 19.5 Å². The molecule has 0 saturated heterocycles. The highest BCUT2D eigenvalue weighted by atomic mass is 32.2. The van der Waals surface area contributed by atoms with Gasteiger partial charge in [-0.25, -0.2) is 22.5 Å². The topological polar surface area (TPSA) is 96.1 Å². The van der Waals surface area contributed by atoms with E-state index in [-0.39, 0.29) is 5.03 Å². The molecule has 1 N–H and O–H groups in total. The van der Waals surface area contributed by atoms with Crippen molar-refractivity contribution in [2.24, 2.45) is 10.3 Å². The molecule has 6 nitrogen and oxygen atoms in total. The summed E-state index contributed by atoms with van der Waals surface area (Å²) in [6, 6.07) is 5.30. The summed E-state index contributed by atoms with van der Waals surface area (Å²) in [6.07, 6.45) is 7.89. The summed E-state index contributed by atoms with van der Waals surface area (Å²) < 4.78 is 37.9. The Morgan fingerprint density at radius 2 is 1.75 bits per heavy atom. The number of rotatable bonds is 6. The van der Waals surface area contributed by atoms with Crippen LogP contribution in [-0.4, -0.2) is 30.9 Å². The molecule has 2 unspecified atom stereocenters. The summed E-state index contributed by atoms with van der Waals surface area (Å²) in [7, 11) is -5.66. The Kier molecular flexibility index (Phi) is 6.35. The minimum absolute atomic E-state index is 0.199. The molecule has 0 amide bonds. The van der Waals surface area contributed by atoms with E-state index in [1.165, 1.54) is 12.5 Å². The van der Waals surface area contributed by atoms with Gasteiger partial charge in [-0.1, -0.05) is 20.8 Å². The lowest BCUT2D eigenvalue weighted by Gasteiger charge is -2.23. The van der Waals surface area contributed by atoms with Crippen LogP contribution in [0.15, 0.2) is 51.1 Å². The third-order valence-electron chi connectivity index (χ3n) is 4.94. The number of nitrogens with zero attached hydrogens (tertiary/aromatic N) is 3. The lowest BCUT2D eigenvalue weighted by Crippen LogP contribution is -2.18. The number of nitrogens with one attached hydrogen (secondary N) is 1. The molecule has 0 bridgehead atoms. The molecule has 0 aliphatic heterocycles. The fourth-order valence-electron chi connectivity index (χ4n) is 2.82. The minimum atomic E-state index is -2.94. The highest BCUT2D eigenvalue weighted by Gasteiger charge is 2.24. The van der Waals surface area contributed by atoms with Crippen LogP contribution in [0.2, 0.25) is 0 Å². The van der Waals surface area contributed by atoms with Crippen LogP contribution in [0, 0.1) is 10.7 Å². The molecule has 28 heavy (non-hydrogen) atoms. The van der Waals surface area contributed by atoms with Gasteiger partial charge >= 0.3 is 0 Å². The van der Waals surface area contributed by atoms with Crippen molar-refractivity contribution in [3.8, 4) is 0 Å². The molecule has 2 aromatic rings. The molecule has 0 aliphatic rings. The molecule has 0 fully saturated rings. The summed E-state index contributed by atoms with van der Waals surface area (Å²) in [5, 5.41) is 0.199. The number of pyridine rings is 2. The van der Waals surface area contributed by atoms with Gasteiger partial charge in [-0.3, -0.25) is 4.98 Å². The molecule has 3 atom stereocenters. The van der Waals surface area contributed by atoms with Crippen LogP contribution in [0.5, 0.6) is 0 Å². The monoisotopic (exact) mass is 422 g/mol. The van der Waals surface area contributed by atoms with E-state index in [1.807, 2.05) is 26.1 Å². The summed E-state index contributed by atoms with van der Waals surface area (Å²) in [4.78, 5) is 8.93. The van der Waals surface area contributed by atoms with Crippen molar-refractivity contribution in [2.45, 2.75) is 56.0 Å². The Labute approximate surface area is 169 Å². The molecule has 154 valence electrons. The first-order chi connectivity index (χ1) is 12.7. The molecule has 0 saturated carbocycles. The van der Waals surface area contributed by atoms with Gasteiger partial charge in [-0.05, 0) is 55.0 Å². The van der Waals surface area contributed by atoms with E-state index in [0.29, 0.717) is 22.3 Å². The third kappa shape index (κ3) is 5.17. The van der Waals surface area contributed by atoms with Gasteiger partial charge < -0.3 is 0 Å². The van der Waals surface area contributed by atoms with E-state index in [1.54, 1.807) is 24.6 Å². The van der Waals surface area contributed by atoms with Crippen molar-refractivity contribution in [2.75, 3.05) is 12.5 Å². The van der Waals surface area contributed by atoms with Crippen LogP contribution in [0.4, 0.5) is 0 Å². The van der Waals surface area contributed by atoms with Gasteiger partial charge in [0.1, 0.15) is 5.03 Å². The van der Waals surface area contributed by atoms with E-state index < -0.39 is 25.0 Å². The maximum atomic E-state index is 13.5. The summed E-state index contributed by atoms with van der Waals surface area (Å²) >= 11 is 0. The summed E-state index contributed by atoms with van der Waals surface area (Å²) in [5.74, 6) is 0.746. The van der Waals surface area contributed by atoms with Crippen LogP contribution in [-0.2, 0) is 25.0 Å². The summed E-state index contributed by atoms with van der Waals surface area (Å²) in [5.41, 5.74) is 0.947. The van der Waals surface area contributed by atoms with E-state index in [4.69, 9.17) is 4.78 Å². The van der Waals surface area contributed by atoms with E-state index >= 15 is 0 Å². The zero-order valence-electron chi connectivity index (χ0n) is 17.6. The first-order valence-electron chi connectivity index (χ1n) is 9.12. The summed E-state index contributed by atoms with van der Waals surface area (Å²) in [6.45, 7) is 10.1. The minimum Gasteiger partial charge on any atom is -0.263 e. The van der Waals surface area contributed by atoms with Gasteiger partial charge in [0.05, 0.1) is 29.9 Å². The van der Waals surface area contributed by atoms with Crippen LogP contribution in [0.1, 0.15) is 51.7 Å². The Hall–Kier alpha value is -1.80. The van der Waals surface area contributed by atoms with Crippen molar-refractivity contribution in [1.29, 1.82) is 4.78 Å². The Bertz CT molecular complexity index is 1080. The fourth-order valence-corrected chi connectivity index (χ4v) is 5.13. The molecule has 2 rings (SSSR count). The number of aromatic nitrogens is 2. The second-order valence-corrected chi connectivity index (χ2v) is 12.5. The average molecular weight is 423 g/mol. The SMILES string of the molecule is CC(C)[C@@H](C)c1cncc(S(C)(=O)=NC(C)(C)c2ccnc(S(C)(=N)=O)c2)c1. The predicted octanol–water partition coefficient (Wildman–Crippen LogP) is 4.66. The Morgan fingerprint density at radius 3 is 2.32 bits per heavy atom. The highest BCUT2D eigenvalue weighted by molar-refractivity contribution is 7.93.